The number of carbonyl (C=O) groups is 1. The van der Waals surface area contributed by atoms with Crippen molar-refractivity contribution < 1.29 is 14.6 Å². The Kier molecular flexibility index (Phi) is 4.41. The van der Waals surface area contributed by atoms with Crippen molar-refractivity contribution in [2.45, 2.75) is 6.92 Å². The Morgan fingerprint density at radius 2 is 1.96 bits per heavy atom. The van der Waals surface area contributed by atoms with Gasteiger partial charge in [-0.25, -0.2) is 0 Å². The Balaban J connectivity index is 1.85. The molecule has 1 aliphatic heterocycles. The molecule has 1 amide bonds. The van der Waals surface area contributed by atoms with Gasteiger partial charge in [0.1, 0.15) is 6.33 Å². The van der Waals surface area contributed by atoms with Gasteiger partial charge in [-0.3, -0.25) is 10.1 Å². The second-order valence-electron chi connectivity index (χ2n) is 6.38. The zero-order chi connectivity index (χ0) is 19.7. The predicted octanol–water partition coefficient (Wildman–Crippen LogP) is 3.23. The van der Waals surface area contributed by atoms with Gasteiger partial charge in [-0.15, -0.1) is 0 Å². The smallest absolute Gasteiger partial charge is 0.258 e. The quantitative estimate of drug-likeness (QED) is 0.687. The summed E-state index contributed by atoms with van der Waals surface area (Å²) in [4.78, 5) is 16.9. The van der Waals surface area contributed by atoms with Crippen LogP contribution in [0.3, 0.4) is 0 Å². The van der Waals surface area contributed by atoms with E-state index in [1.807, 2.05) is 31.2 Å². The average molecular weight is 374 g/mol. The molecule has 0 spiro atoms. The highest BCUT2D eigenvalue weighted by molar-refractivity contribution is 6.10. The summed E-state index contributed by atoms with van der Waals surface area (Å²) in [6, 6.07) is 12.8. The molecular weight excluding hydrogens is 356 g/mol. The Labute approximate surface area is 161 Å². The van der Waals surface area contributed by atoms with E-state index in [2.05, 4.69) is 15.4 Å². The number of benzene rings is 2. The van der Waals surface area contributed by atoms with E-state index in [0.717, 1.165) is 16.8 Å². The molecule has 2 N–H and O–H groups in total. The molecule has 7 nitrogen and oxygen atoms in total. The van der Waals surface area contributed by atoms with E-state index >= 15 is 0 Å². The van der Waals surface area contributed by atoms with Crippen LogP contribution in [-0.2, 0) is 4.79 Å². The lowest BCUT2D eigenvalue weighted by Gasteiger charge is -2.08. The maximum atomic E-state index is 12.7. The number of nitrogens with one attached hydrogen (secondary N) is 1. The molecule has 140 valence electrons. The number of amides is 1. The van der Waals surface area contributed by atoms with E-state index in [4.69, 9.17) is 4.74 Å². The second-order valence-corrected chi connectivity index (χ2v) is 6.38. The Hall–Kier alpha value is -3.87. The maximum absolute atomic E-state index is 12.7. The number of aromatic nitrogens is 3. The first kappa shape index (κ1) is 17.5. The lowest BCUT2D eigenvalue weighted by Crippen LogP contribution is -2.14. The molecule has 28 heavy (non-hydrogen) atoms. The largest absolute Gasteiger partial charge is 0.504 e. The van der Waals surface area contributed by atoms with Crippen LogP contribution in [0.5, 0.6) is 11.5 Å². The number of phenolic OH excluding ortho intramolecular Hbond substituents is 1. The third-order valence-electron chi connectivity index (χ3n) is 4.43. The van der Waals surface area contributed by atoms with Crippen LogP contribution < -0.4 is 10.1 Å². The number of phenols is 1. The number of aryl methyl sites for hydroxylation is 1. The van der Waals surface area contributed by atoms with Gasteiger partial charge in [0.2, 0.25) is 5.95 Å². The molecule has 3 aromatic rings. The maximum Gasteiger partial charge on any atom is 0.258 e. The number of carbonyl (C=O) groups excluding carboxylic acids is 1. The lowest BCUT2D eigenvalue weighted by atomic mass is 10.0. The molecular formula is C21H18N4O3. The number of ether oxygens (including phenoxy) is 1. The van der Waals surface area contributed by atoms with E-state index < -0.39 is 0 Å². The molecule has 0 radical (unpaired) electrons. The van der Waals surface area contributed by atoms with Crippen LogP contribution >= 0.6 is 0 Å². The van der Waals surface area contributed by atoms with Crippen molar-refractivity contribution >= 4 is 23.6 Å². The third-order valence-corrected chi connectivity index (χ3v) is 4.43. The first-order valence-corrected chi connectivity index (χ1v) is 8.64. The Morgan fingerprint density at radius 3 is 2.71 bits per heavy atom. The molecule has 0 aliphatic carbocycles. The summed E-state index contributed by atoms with van der Waals surface area (Å²) in [5.41, 5.74) is 3.91. The number of methoxy groups -OCH3 is 1. The lowest BCUT2D eigenvalue weighted by molar-refractivity contribution is -0.112. The number of hydrogen-bond acceptors (Lipinski definition) is 5. The zero-order valence-corrected chi connectivity index (χ0v) is 15.4. The molecule has 4 rings (SSSR count). The van der Waals surface area contributed by atoms with Crippen LogP contribution in [0.1, 0.15) is 16.7 Å². The van der Waals surface area contributed by atoms with Crippen molar-refractivity contribution in [3.8, 4) is 11.5 Å². The highest BCUT2D eigenvalue weighted by Crippen LogP contribution is 2.29. The minimum Gasteiger partial charge on any atom is -0.504 e. The summed E-state index contributed by atoms with van der Waals surface area (Å²) >= 11 is 0. The summed E-state index contributed by atoms with van der Waals surface area (Å²) in [5, 5.41) is 16.8. The normalized spacial score (nSPS) is 14.9. The summed E-state index contributed by atoms with van der Waals surface area (Å²) in [7, 11) is 1.48. The number of hydrogen-bond donors (Lipinski definition) is 2. The summed E-state index contributed by atoms with van der Waals surface area (Å²) in [6.45, 7) is 2.01. The number of anilines is 1. The third kappa shape index (κ3) is 3.25. The number of fused-ring (bicyclic) bond motifs is 1. The number of aromatic hydroxyl groups is 1. The minimum atomic E-state index is -0.302. The fraction of sp³-hybridized carbons (Fsp3) is 0.0952. The van der Waals surface area contributed by atoms with Gasteiger partial charge in [-0.05, 0) is 36.8 Å². The van der Waals surface area contributed by atoms with E-state index in [1.54, 1.807) is 29.0 Å². The van der Waals surface area contributed by atoms with Crippen LogP contribution in [0.2, 0.25) is 0 Å². The predicted molar refractivity (Wildman–Crippen MR) is 106 cm³/mol. The topological polar surface area (TPSA) is 89.3 Å². The summed E-state index contributed by atoms with van der Waals surface area (Å²) in [6.07, 6.45) is 4.89. The highest BCUT2D eigenvalue weighted by atomic mass is 16.5. The van der Waals surface area contributed by atoms with Crippen molar-refractivity contribution in [1.82, 2.24) is 14.8 Å². The summed E-state index contributed by atoms with van der Waals surface area (Å²) in [5.74, 6) is 0.419. The first-order chi connectivity index (χ1) is 13.5. The van der Waals surface area contributed by atoms with Crippen molar-refractivity contribution in [3.05, 3.63) is 77.1 Å². The highest BCUT2D eigenvalue weighted by Gasteiger charge is 2.21. The van der Waals surface area contributed by atoms with Crippen molar-refractivity contribution in [3.63, 3.8) is 0 Å². The summed E-state index contributed by atoms with van der Waals surface area (Å²) < 4.78 is 6.74. The first-order valence-electron chi connectivity index (χ1n) is 8.64. The Bertz CT molecular complexity index is 1110. The van der Waals surface area contributed by atoms with Crippen molar-refractivity contribution in [2.75, 3.05) is 12.4 Å². The molecule has 0 atom stereocenters. The van der Waals surface area contributed by atoms with Crippen molar-refractivity contribution in [1.29, 1.82) is 0 Å². The molecule has 0 unspecified atom stereocenters. The van der Waals surface area contributed by atoms with Crippen molar-refractivity contribution in [2.24, 2.45) is 0 Å². The van der Waals surface area contributed by atoms with E-state index in [1.165, 1.54) is 19.5 Å². The molecule has 7 heteroatoms. The fourth-order valence-electron chi connectivity index (χ4n) is 2.95. The molecule has 1 aliphatic rings. The van der Waals surface area contributed by atoms with Gasteiger partial charge >= 0.3 is 0 Å². The Morgan fingerprint density at radius 1 is 1.18 bits per heavy atom. The fourth-order valence-corrected chi connectivity index (χ4v) is 2.95. The van der Waals surface area contributed by atoms with Gasteiger partial charge in [-0.1, -0.05) is 35.9 Å². The van der Waals surface area contributed by atoms with Crippen LogP contribution in [0.25, 0.3) is 11.8 Å². The number of nitrogens with zero attached hydrogens (tertiary/aromatic N) is 3. The average Bonchev–Trinajstić information content (AvgIpc) is 3.10. The van der Waals surface area contributed by atoms with Gasteiger partial charge < -0.3 is 9.84 Å². The molecule has 0 bridgehead atoms. The molecule has 0 fully saturated rings. The van der Waals surface area contributed by atoms with Gasteiger partial charge in [-0.2, -0.15) is 14.8 Å². The van der Waals surface area contributed by atoms with Gasteiger partial charge in [0.25, 0.3) is 5.91 Å². The van der Waals surface area contributed by atoms with E-state index in [-0.39, 0.29) is 11.7 Å². The van der Waals surface area contributed by atoms with E-state index in [0.29, 0.717) is 22.8 Å². The van der Waals surface area contributed by atoms with Crippen LogP contribution in [0, 0.1) is 6.92 Å². The zero-order valence-electron chi connectivity index (χ0n) is 15.4. The molecule has 0 saturated heterocycles. The molecule has 2 heterocycles. The van der Waals surface area contributed by atoms with Gasteiger partial charge in [0.05, 0.1) is 12.8 Å². The molecule has 1 aromatic heterocycles. The van der Waals surface area contributed by atoms with Crippen LogP contribution in [-0.4, -0.2) is 32.9 Å². The second kappa shape index (κ2) is 7.03. The van der Waals surface area contributed by atoms with Crippen LogP contribution in [0.15, 0.2) is 60.4 Å². The van der Waals surface area contributed by atoms with Gasteiger partial charge in [0, 0.05) is 11.1 Å². The van der Waals surface area contributed by atoms with Gasteiger partial charge in [0.15, 0.2) is 11.5 Å². The molecule has 0 saturated carbocycles. The standard InChI is InChI=1S/C21H18N4O3/c1-13-3-6-15(7-4-13)17-11-16(20(27)24-21-22-12-23-25(17)21)9-14-5-8-18(26)19(10-14)28-2/h3-12,26H,1-2H3,(H,22,23,24,27)/b16-9-. The monoisotopic (exact) mass is 374 g/mol. The van der Waals surface area contributed by atoms with E-state index in [9.17, 15) is 9.90 Å². The minimum absolute atomic E-state index is 0.0372. The molecule has 2 aromatic carbocycles. The van der Waals surface area contributed by atoms with Crippen LogP contribution in [0.4, 0.5) is 5.95 Å². The number of rotatable bonds is 3. The SMILES string of the molecule is COc1cc(/C=C2/C=C(c3ccc(C)cc3)n3ncnc3NC2=O)ccc1O.